The maximum absolute atomic E-state index is 3.60. The average molecular weight is 257 g/mol. The van der Waals surface area contributed by atoms with Crippen molar-refractivity contribution >= 4 is 11.3 Å². The third kappa shape index (κ3) is 2.50. The van der Waals surface area contributed by atoms with Crippen LogP contribution in [0.2, 0.25) is 0 Å². The molecule has 1 nitrogen and oxygen atoms in total. The van der Waals surface area contributed by atoms with Gasteiger partial charge in [0.2, 0.25) is 0 Å². The molecule has 0 saturated heterocycles. The summed E-state index contributed by atoms with van der Waals surface area (Å²) in [6, 6.07) is 11.7. The molecule has 94 valence electrons. The summed E-state index contributed by atoms with van der Waals surface area (Å²) in [6.07, 6.45) is 3.87. The third-order valence-electron chi connectivity index (χ3n) is 3.75. The largest absolute Gasteiger partial charge is 0.305 e. The molecular weight excluding hydrogens is 238 g/mol. The second kappa shape index (κ2) is 5.25. The number of hydrogen-bond donors (Lipinski definition) is 1. The van der Waals surface area contributed by atoms with E-state index in [1.807, 2.05) is 11.3 Å². The second-order valence-corrected chi connectivity index (χ2v) is 6.05. The van der Waals surface area contributed by atoms with Crippen LogP contribution in [0.25, 0.3) is 0 Å². The molecule has 1 atom stereocenters. The monoisotopic (exact) mass is 257 g/mol. The molecule has 1 aromatic carbocycles. The van der Waals surface area contributed by atoms with Gasteiger partial charge in [-0.25, -0.2) is 0 Å². The number of fused-ring (bicyclic) bond motifs is 1. The van der Waals surface area contributed by atoms with Crippen molar-refractivity contribution in [3.8, 4) is 0 Å². The van der Waals surface area contributed by atoms with Gasteiger partial charge in [-0.3, -0.25) is 0 Å². The highest BCUT2D eigenvalue weighted by molar-refractivity contribution is 7.10. The zero-order valence-corrected chi connectivity index (χ0v) is 11.6. The van der Waals surface area contributed by atoms with Gasteiger partial charge in [-0.05, 0) is 54.3 Å². The lowest BCUT2D eigenvalue weighted by atomic mass is 10.1. The minimum Gasteiger partial charge on any atom is -0.305 e. The normalized spacial score (nSPS) is 15.6. The standard InChI is InChI=1S/C16H19NS/c1-12(16-6-3-9-18-16)17-11-13-7-8-14-4-2-5-15(14)10-13/h3,6-10,12,17H,2,4-5,11H2,1H3/t12-/m1/s1. The second-order valence-electron chi connectivity index (χ2n) is 5.07. The van der Waals surface area contributed by atoms with Crippen molar-refractivity contribution in [2.45, 2.75) is 38.8 Å². The fourth-order valence-electron chi connectivity index (χ4n) is 2.64. The van der Waals surface area contributed by atoms with E-state index in [4.69, 9.17) is 0 Å². The number of rotatable bonds is 4. The lowest BCUT2D eigenvalue weighted by Gasteiger charge is -2.12. The Kier molecular flexibility index (Phi) is 3.48. The van der Waals surface area contributed by atoms with E-state index < -0.39 is 0 Å². The highest BCUT2D eigenvalue weighted by atomic mass is 32.1. The molecule has 0 saturated carbocycles. The third-order valence-corrected chi connectivity index (χ3v) is 4.80. The molecule has 18 heavy (non-hydrogen) atoms. The van der Waals surface area contributed by atoms with Crippen LogP contribution >= 0.6 is 11.3 Å². The summed E-state index contributed by atoms with van der Waals surface area (Å²) in [5.41, 5.74) is 4.54. The molecular formula is C16H19NS. The van der Waals surface area contributed by atoms with Gasteiger partial charge in [0, 0.05) is 17.5 Å². The van der Waals surface area contributed by atoms with E-state index in [0.717, 1.165) is 6.54 Å². The highest BCUT2D eigenvalue weighted by Crippen LogP contribution is 2.23. The van der Waals surface area contributed by atoms with Crippen LogP contribution in [0.3, 0.4) is 0 Å². The van der Waals surface area contributed by atoms with Gasteiger partial charge in [0.1, 0.15) is 0 Å². The average Bonchev–Trinajstić information content (AvgIpc) is 3.05. The van der Waals surface area contributed by atoms with Gasteiger partial charge in [0.15, 0.2) is 0 Å². The van der Waals surface area contributed by atoms with Crippen LogP contribution < -0.4 is 5.32 Å². The van der Waals surface area contributed by atoms with Crippen LogP contribution in [0.4, 0.5) is 0 Å². The summed E-state index contributed by atoms with van der Waals surface area (Å²) in [5, 5.41) is 5.74. The van der Waals surface area contributed by atoms with Crippen molar-refractivity contribution in [1.82, 2.24) is 5.32 Å². The topological polar surface area (TPSA) is 12.0 Å². The van der Waals surface area contributed by atoms with Crippen molar-refractivity contribution in [3.05, 3.63) is 57.3 Å². The number of aryl methyl sites for hydroxylation is 2. The van der Waals surface area contributed by atoms with E-state index in [-0.39, 0.29) is 0 Å². The smallest absolute Gasteiger partial charge is 0.0388 e. The van der Waals surface area contributed by atoms with Crippen molar-refractivity contribution < 1.29 is 0 Å². The molecule has 0 aliphatic heterocycles. The fraction of sp³-hybridized carbons (Fsp3) is 0.375. The molecule has 1 N–H and O–H groups in total. The highest BCUT2D eigenvalue weighted by Gasteiger charge is 2.11. The van der Waals surface area contributed by atoms with Crippen molar-refractivity contribution in [2.24, 2.45) is 0 Å². The molecule has 0 amide bonds. The van der Waals surface area contributed by atoms with E-state index in [0.29, 0.717) is 6.04 Å². The molecule has 0 unspecified atom stereocenters. The van der Waals surface area contributed by atoms with Gasteiger partial charge >= 0.3 is 0 Å². The Labute approximate surface area is 113 Å². The fourth-order valence-corrected chi connectivity index (χ4v) is 3.40. The molecule has 0 bridgehead atoms. The van der Waals surface area contributed by atoms with Crippen LogP contribution in [-0.4, -0.2) is 0 Å². The summed E-state index contributed by atoms with van der Waals surface area (Å²) in [7, 11) is 0. The number of thiophene rings is 1. The summed E-state index contributed by atoms with van der Waals surface area (Å²) in [5.74, 6) is 0. The maximum atomic E-state index is 3.60. The zero-order chi connectivity index (χ0) is 12.4. The van der Waals surface area contributed by atoms with E-state index >= 15 is 0 Å². The maximum Gasteiger partial charge on any atom is 0.0388 e. The number of benzene rings is 1. The summed E-state index contributed by atoms with van der Waals surface area (Å²) >= 11 is 1.82. The molecule has 0 spiro atoms. The van der Waals surface area contributed by atoms with Crippen molar-refractivity contribution in [2.75, 3.05) is 0 Å². The van der Waals surface area contributed by atoms with E-state index in [2.05, 4.69) is 48.0 Å². The molecule has 1 heterocycles. The molecule has 1 aromatic heterocycles. The van der Waals surface area contributed by atoms with E-state index in [1.54, 1.807) is 11.1 Å². The number of nitrogens with one attached hydrogen (secondary N) is 1. The first-order valence-corrected chi connectivity index (χ1v) is 7.58. The van der Waals surface area contributed by atoms with Crippen LogP contribution in [0.15, 0.2) is 35.7 Å². The predicted molar refractivity (Wildman–Crippen MR) is 78.0 cm³/mol. The van der Waals surface area contributed by atoms with Gasteiger partial charge in [-0.2, -0.15) is 0 Å². The Morgan fingerprint density at radius 1 is 1.22 bits per heavy atom. The van der Waals surface area contributed by atoms with Gasteiger partial charge in [0.25, 0.3) is 0 Å². The quantitative estimate of drug-likeness (QED) is 0.870. The first-order chi connectivity index (χ1) is 8.83. The molecule has 1 aliphatic rings. The Morgan fingerprint density at radius 3 is 2.94 bits per heavy atom. The molecule has 2 aromatic rings. The van der Waals surface area contributed by atoms with E-state index in [9.17, 15) is 0 Å². The molecule has 0 radical (unpaired) electrons. The molecule has 1 aliphatic carbocycles. The Bertz CT molecular complexity index is 516. The van der Waals surface area contributed by atoms with Crippen LogP contribution in [0.1, 0.15) is 41.0 Å². The lowest BCUT2D eigenvalue weighted by molar-refractivity contribution is 0.582. The van der Waals surface area contributed by atoms with Gasteiger partial charge in [-0.1, -0.05) is 24.3 Å². The summed E-state index contributed by atoms with van der Waals surface area (Å²) in [6.45, 7) is 3.20. The Hall–Kier alpha value is -1.12. The minimum absolute atomic E-state index is 0.443. The number of hydrogen-bond acceptors (Lipinski definition) is 2. The van der Waals surface area contributed by atoms with Crippen molar-refractivity contribution in [1.29, 1.82) is 0 Å². The predicted octanol–water partition coefficient (Wildman–Crippen LogP) is 4.09. The SMILES string of the molecule is C[C@@H](NCc1ccc2c(c1)CCC2)c1cccs1. The van der Waals surface area contributed by atoms with Gasteiger partial charge < -0.3 is 5.32 Å². The van der Waals surface area contributed by atoms with Crippen molar-refractivity contribution in [3.63, 3.8) is 0 Å². The minimum atomic E-state index is 0.443. The van der Waals surface area contributed by atoms with E-state index in [1.165, 1.54) is 29.7 Å². The zero-order valence-electron chi connectivity index (χ0n) is 10.8. The summed E-state index contributed by atoms with van der Waals surface area (Å²) in [4.78, 5) is 1.41. The molecule has 3 rings (SSSR count). The summed E-state index contributed by atoms with van der Waals surface area (Å²) < 4.78 is 0. The van der Waals surface area contributed by atoms with Gasteiger partial charge in [0.05, 0.1) is 0 Å². The molecule has 2 heteroatoms. The van der Waals surface area contributed by atoms with Crippen LogP contribution in [0.5, 0.6) is 0 Å². The first-order valence-electron chi connectivity index (χ1n) is 6.70. The lowest BCUT2D eigenvalue weighted by Crippen LogP contribution is -2.17. The molecule has 0 fully saturated rings. The van der Waals surface area contributed by atoms with Crippen LogP contribution in [-0.2, 0) is 19.4 Å². The van der Waals surface area contributed by atoms with Crippen LogP contribution in [0, 0.1) is 0 Å². The first kappa shape index (κ1) is 11.9. The van der Waals surface area contributed by atoms with Gasteiger partial charge in [-0.15, -0.1) is 11.3 Å². The Morgan fingerprint density at radius 2 is 2.11 bits per heavy atom. The Balaban J connectivity index is 1.63.